The molecule has 2 heterocycles. The number of likely N-dealkylation sites (tertiary alicyclic amines) is 1. The predicted octanol–water partition coefficient (Wildman–Crippen LogP) is 1.95. The summed E-state index contributed by atoms with van der Waals surface area (Å²) in [5.41, 5.74) is 0.824. The molecular formula is C23H28N3O2+. The lowest BCUT2D eigenvalue weighted by molar-refractivity contribution is -0.913. The van der Waals surface area contributed by atoms with Crippen molar-refractivity contribution in [2.45, 2.75) is 31.7 Å². The highest BCUT2D eigenvalue weighted by molar-refractivity contribution is 6.07. The molecule has 0 unspecified atom stereocenters. The molecule has 146 valence electrons. The third-order valence-electron chi connectivity index (χ3n) is 6.12. The topological polar surface area (TPSA) is 53.9 Å². The molecule has 28 heavy (non-hydrogen) atoms. The maximum absolute atomic E-state index is 13.6. The van der Waals surface area contributed by atoms with Gasteiger partial charge in [-0.05, 0) is 29.9 Å². The molecule has 0 spiro atoms. The van der Waals surface area contributed by atoms with Gasteiger partial charge in [-0.3, -0.25) is 4.79 Å². The molecule has 0 radical (unpaired) electrons. The molecule has 0 aromatic heterocycles. The van der Waals surface area contributed by atoms with Gasteiger partial charge < -0.3 is 10.2 Å². The molecule has 5 heteroatoms. The summed E-state index contributed by atoms with van der Waals surface area (Å²) in [6.07, 6.45) is 2.74. The number of quaternary nitrogens is 1. The monoisotopic (exact) mass is 378 g/mol. The first-order valence-corrected chi connectivity index (χ1v) is 10.2. The number of hydrogen-bond acceptors (Lipinski definition) is 2. The highest BCUT2D eigenvalue weighted by Crippen LogP contribution is 2.32. The van der Waals surface area contributed by atoms with E-state index in [0.29, 0.717) is 13.1 Å². The van der Waals surface area contributed by atoms with E-state index in [2.05, 4.69) is 12.2 Å². The van der Waals surface area contributed by atoms with E-state index in [1.165, 1.54) is 9.80 Å². The molecule has 0 aliphatic carbocycles. The smallest absolute Gasteiger partial charge is 0.319 e. The van der Waals surface area contributed by atoms with Gasteiger partial charge in [0, 0.05) is 6.42 Å². The molecule has 2 aliphatic heterocycles. The average molecular weight is 378 g/mol. The van der Waals surface area contributed by atoms with Crippen LogP contribution in [0, 0.1) is 5.92 Å². The van der Waals surface area contributed by atoms with Crippen LogP contribution in [-0.2, 0) is 16.8 Å². The van der Waals surface area contributed by atoms with Gasteiger partial charge in [0.2, 0.25) is 0 Å². The predicted molar refractivity (Wildman–Crippen MR) is 108 cm³/mol. The lowest BCUT2D eigenvalue weighted by Crippen LogP contribution is -3.14. The molecule has 2 fully saturated rings. The van der Waals surface area contributed by atoms with Gasteiger partial charge in [-0.2, -0.15) is 0 Å². The fourth-order valence-electron chi connectivity index (χ4n) is 4.36. The van der Waals surface area contributed by atoms with Crippen molar-refractivity contribution in [1.29, 1.82) is 0 Å². The molecule has 0 saturated carbocycles. The minimum atomic E-state index is -1.04. The number of imide groups is 1. The summed E-state index contributed by atoms with van der Waals surface area (Å²) >= 11 is 0. The fourth-order valence-corrected chi connectivity index (χ4v) is 4.36. The molecule has 2 N–H and O–H groups in total. The Bertz CT molecular complexity index is 831. The van der Waals surface area contributed by atoms with E-state index in [0.717, 1.165) is 43.0 Å². The van der Waals surface area contributed by atoms with Crippen molar-refractivity contribution in [1.82, 2.24) is 10.2 Å². The van der Waals surface area contributed by atoms with E-state index >= 15 is 0 Å². The number of carbonyl (C=O) groups is 2. The van der Waals surface area contributed by atoms with Gasteiger partial charge >= 0.3 is 6.03 Å². The highest BCUT2D eigenvalue weighted by atomic mass is 16.2. The Morgan fingerprint density at radius 2 is 1.61 bits per heavy atom. The zero-order valence-electron chi connectivity index (χ0n) is 16.4. The summed E-state index contributed by atoms with van der Waals surface area (Å²) in [7, 11) is 0. The molecule has 5 nitrogen and oxygen atoms in total. The first kappa shape index (κ1) is 18.7. The number of carbonyl (C=O) groups excluding carboxylic acids is 2. The third-order valence-corrected chi connectivity index (χ3v) is 6.12. The van der Waals surface area contributed by atoms with Crippen LogP contribution in [0.2, 0.25) is 0 Å². The van der Waals surface area contributed by atoms with E-state index in [1.807, 2.05) is 60.7 Å². The summed E-state index contributed by atoms with van der Waals surface area (Å²) in [5.74, 6) is 0.590. The molecule has 1 atom stereocenters. The van der Waals surface area contributed by atoms with E-state index in [-0.39, 0.29) is 11.9 Å². The number of hydrogen-bond donors (Lipinski definition) is 2. The van der Waals surface area contributed by atoms with Crippen LogP contribution in [-0.4, -0.2) is 36.6 Å². The molecule has 2 aliphatic rings. The first-order valence-electron chi connectivity index (χ1n) is 10.2. The summed E-state index contributed by atoms with van der Waals surface area (Å²) < 4.78 is 0. The Balaban J connectivity index is 1.63. The number of piperidine rings is 1. The second-order valence-corrected chi connectivity index (χ2v) is 8.19. The van der Waals surface area contributed by atoms with Gasteiger partial charge in [0.25, 0.3) is 5.91 Å². The van der Waals surface area contributed by atoms with Crippen LogP contribution in [0.3, 0.4) is 0 Å². The number of benzene rings is 2. The van der Waals surface area contributed by atoms with Gasteiger partial charge in [0.15, 0.2) is 12.2 Å². The molecule has 2 aromatic rings. The van der Waals surface area contributed by atoms with Crippen LogP contribution in [0.4, 0.5) is 4.79 Å². The number of rotatable bonds is 5. The van der Waals surface area contributed by atoms with E-state index in [9.17, 15) is 9.59 Å². The Kier molecular flexibility index (Phi) is 5.18. The van der Waals surface area contributed by atoms with E-state index in [1.54, 1.807) is 0 Å². The molecule has 2 aromatic carbocycles. The van der Waals surface area contributed by atoms with Crippen LogP contribution in [0.1, 0.15) is 30.9 Å². The quantitative estimate of drug-likeness (QED) is 0.782. The SMILES string of the molecule is CC1CC[NH+](CN2C(=O)N[C@](Cc3ccccc3)(c3ccccc3)C2=O)CC1. The number of urea groups is 1. The number of nitrogens with one attached hydrogen (secondary N) is 2. The second kappa shape index (κ2) is 7.76. The number of amides is 3. The van der Waals surface area contributed by atoms with Crippen molar-refractivity contribution in [3.05, 3.63) is 71.8 Å². The zero-order valence-corrected chi connectivity index (χ0v) is 16.4. The summed E-state index contributed by atoms with van der Waals surface area (Å²) in [5, 5.41) is 3.05. The van der Waals surface area contributed by atoms with Gasteiger partial charge in [-0.1, -0.05) is 67.6 Å². The van der Waals surface area contributed by atoms with Crippen molar-refractivity contribution >= 4 is 11.9 Å². The average Bonchev–Trinajstić information content (AvgIpc) is 2.96. The molecular weight excluding hydrogens is 350 g/mol. The van der Waals surface area contributed by atoms with Crippen molar-refractivity contribution in [2.75, 3.05) is 19.8 Å². The maximum atomic E-state index is 13.6. The molecule has 2 saturated heterocycles. The van der Waals surface area contributed by atoms with Gasteiger partial charge in [0.05, 0.1) is 13.1 Å². The zero-order chi connectivity index (χ0) is 19.6. The highest BCUT2D eigenvalue weighted by Gasteiger charge is 2.53. The summed E-state index contributed by atoms with van der Waals surface area (Å²) in [6, 6.07) is 19.2. The van der Waals surface area contributed by atoms with E-state index in [4.69, 9.17) is 0 Å². The van der Waals surface area contributed by atoms with Crippen LogP contribution in [0.5, 0.6) is 0 Å². The third kappa shape index (κ3) is 3.54. The summed E-state index contributed by atoms with van der Waals surface area (Å²) in [6.45, 7) is 4.73. The Hall–Kier alpha value is -2.66. The minimum Gasteiger partial charge on any atom is -0.319 e. The van der Waals surface area contributed by atoms with Crippen LogP contribution in [0.15, 0.2) is 60.7 Å². The second-order valence-electron chi connectivity index (χ2n) is 8.19. The van der Waals surface area contributed by atoms with Gasteiger partial charge in [0.1, 0.15) is 0 Å². The number of nitrogens with zero attached hydrogens (tertiary/aromatic N) is 1. The standard InChI is InChI=1S/C23H27N3O2/c1-18-12-14-25(15-13-18)17-26-21(27)23(24-22(26)28,20-10-6-3-7-11-20)16-19-8-4-2-5-9-19/h2-11,18H,12-17H2,1H3,(H,24,28)/p+1/t23-/m1/s1. The van der Waals surface area contributed by atoms with Gasteiger partial charge in [-0.15, -0.1) is 0 Å². The van der Waals surface area contributed by atoms with E-state index < -0.39 is 5.54 Å². The molecule has 0 bridgehead atoms. The maximum Gasteiger partial charge on any atom is 0.329 e. The van der Waals surface area contributed by atoms with Gasteiger partial charge in [-0.25, -0.2) is 9.69 Å². The Morgan fingerprint density at radius 1 is 1.00 bits per heavy atom. The largest absolute Gasteiger partial charge is 0.329 e. The van der Waals surface area contributed by atoms with Crippen molar-refractivity contribution in [2.24, 2.45) is 5.92 Å². The van der Waals surface area contributed by atoms with Crippen molar-refractivity contribution in [3.63, 3.8) is 0 Å². The van der Waals surface area contributed by atoms with Crippen LogP contribution in [0.25, 0.3) is 0 Å². The fraction of sp³-hybridized carbons (Fsp3) is 0.391. The van der Waals surface area contributed by atoms with Crippen molar-refractivity contribution < 1.29 is 14.5 Å². The lowest BCUT2D eigenvalue weighted by Gasteiger charge is -2.30. The first-order chi connectivity index (χ1) is 13.6. The summed E-state index contributed by atoms with van der Waals surface area (Å²) in [4.78, 5) is 29.2. The lowest BCUT2D eigenvalue weighted by atomic mass is 9.83. The van der Waals surface area contributed by atoms with Crippen LogP contribution < -0.4 is 10.2 Å². The minimum absolute atomic E-state index is 0.140. The normalized spacial score (nSPS) is 27.7. The van der Waals surface area contributed by atoms with Crippen LogP contribution >= 0.6 is 0 Å². The molecule has 4 rings (SSSR count). The molecule has 3 amide bonds. The Labute approximate surface area is 166 Å². The Morgan fingerprint density at radius 3 is 2.25 bits per heavy atom. The van der Waals surface area contributed by atoms with Crippen molar-refractivity contribution in [3.8, 4) is 0 Å².